The largest absolute Gasteiger partial charge is 0.483 e. The van der Waals surface area contributed by atoms with Crippen LogP contribution in [-0.2, 0) is 10.2 Å². The first kappa shape index (κ1) is 16.8. The van der Waals surface area contributed by atoms with Crippen molar-refractivity contribution in [2.24, 2.45) is 0 Å². The highest BCUT2D eigenvalue weighted by atomic mass is 16.5. The van der Waals surface area contributed by atoms with Crippen molar-refractivity contribution in [3.8, 4) is 5.75 Å². The summed E-state index contributed by atoms with van der Waals surface area (Å²) in [5, 5.41) is 12.6. The molecule has 0 spiro atoms. The smallest absolute Gasteiger partial charge is 0.258 e. The van der Waals surface area contributed by atoms with E-state index in [4.69, 9.17) is 4.74 Å². The van der Waals surface area contributed by atoms with Gasteiger partial charge in [-0.25, -0.2) is 0 Å². The third kappa shape index (κ3) is 4.23. The van der Waals surface area contributed by atoms with Crippen molar-refractivity contribution in [2.75, 3.05) is 6.61 Å². The zero-order valence-corrected chi connectivity index (χ0v) is 14.0. The van der Waals surface area contributed by atoms with Crippen LogP contribution in [0.4, 0.5) is 0 Å². The summed E-state index contributed by atoms with van der Waals surface area (Å²) in [6, 6.07) is 5.89. The van der Waals surface area contributed by atoms with Crippen LogP contribution in [-0.4, -0.2) is 29.8 Å². The molecule has 0 bridgehead atoms. The van der Waals surface area contributed by atoms with E-state index in [0.717, 1.165) is 30.6 Å². The number of aliphatic hydroxyl groups is 1. The van der Waals surface area contributed by atoms with E-state index >= 15 is 0 Å². The number of rotatable bonds is 4. The summed E-state index contributed by atoms with van der Waals surface area (Å²) >= 11 is 0. The van der Waals surface area contributed by atoms with Gasteiger partial charge < -0.3 is 15.2 Å². The zero-order chi connectivity index (χ0) is 16.3. The molecule has 2 rings (SSSR count). The Balaban J connectivity index is 1.98. The van der Waals surface area contributed by atoms with E-state index in [1.165, 1.54) is 5.56 Å². The van der Waals surface area contributed by atoms with Crippen LogP contribution in [0.2, 0.25) is 0 Å². The van der Waals surface area contributed by atoms with Crippen molar-refractivity contribution in [1.29, 1.82) is 0 Å². The fourth-order valence-electron chi connectivity index (χ4n) is 2.86. The van der Waals surface area contributed by atoms with Crippen LogP contribution in [0.3, 0.4) is 0 Å². The van der Waals surface area contributed by atoms with E-state index in [1.54, 1.807) is 0 Å². The van der Waals surface area contributed by atoms with E-state index < -0.39 is 6.10 Å². The number of hydrogen-bond acceptors (Lipinski definition) is 3. The molecule has 1 aliphatic carbocycles. The van der Waals surface area contributed by atoms with Crippen LogP contribution in [0.5, 0.6) is 5.75 Å². The summed E-state index contributed by atoms with van der Waals surface area (Å²) in [6.45, 7) is 8.42. The number of ether oxygens (including phenoxy) is 1. The Labute approximate surface area is 132 Å². The molecule has 2 N–H and O–H groups in total. The maximum atomic E-state index is 12.0. The van der Waals surface area contributed by atoms with Gasteiger partial charge in [0.2, 0.25) is 0 Å². The van der Waals surface area contributed by atoms with Gasteiger partial charge in [0.05, 0.1) is 12.1 Å². The minimum atomic E-state index is -0.423. The average molecular weight is 305 g/mol. The predicted molar refractivity (Wildman–Crippen MR) is 87.2 cm³/mol. The summed E-state index contributed by atoms with van der Waals surface area (Å²) < 4.78 is 5.73. The van der Waals surface area contributed by atoms with Crippen LogP contribution in [0.1, 0.15) is 51.2 Å². The number of nitrogens with one attached hydrogen (secondary N) is 1. The second-order valence-electron chi connectivity index (χ2n) is 7.21. The van der Waals surface area contributed by atoms with Crippen molar-refractivity contribution in [3.63, 3.8) is 0 Å². The van der Waals surface area contributed by atoms with Crippen LogP contribution in [0.25, 0.3) is 0 Å². The van der Waals surface area contributed by atoms with Gasteiger partial charge in [-0.1, -0.05) is 38.5 Å². The molecule has 22 heavy (non-hydrogen) atoms. The maximum Gasteiger partial charge on any atom is 0.258 e. The molecule has 0 aliphatic heterocycles. The lowest BCUT2D eigenvalue weighted by atomic mass is 9.85. The van der Waals surface area contributed by atoms with Gasteiger partial charge in [-0.15, -0.1) is 0 Å². The summed E-state index contributed by atoms with van der Waals surface area (Å²) in [6.07, 6.45) is 2.13. The Morgan fingerprint density at radius 2 is 2.09 bits per heavy atom. The Bertz CT molecular complexity index is 534. The van der Waals surface area contributed by atoms with Crippen LogP contribution in [0, 0.1) is 6.92 Å². The first-order valence-corrected chi connectivity index (χ1v) is 7.99. The molecule has 1 amide bonds. The van der Waals surface area contributed by atoms with Crippen molar-refractivity contribution in [1.82, 2.24) is 5.32 Å². The highest BCUT2D eigenvalue weighted by Crippen LogP contribution is 2.32. The van der Waals surface area contributed by atoms with E-state index in [9.17, 15) is 9.90 Å². The van der Waals surface area contributed by atoms with Gasteiger partial charge >= 0.3 is 0 Å². The van der Waals surface area contributed by atoms with E-state index in [1.807, 2.05) is 19.1 Å². The summed E-state index contributed by atoms with van der Waals surface area (Å²) in [7, 11) is 0. The molecule has 0 heterocycles. The summed E-state index contributed by atoms with van der Waals surface area (Å²) in [4.78, 5) is 12.0. The van der Waals surface area contributed by atoms with Crippen molar-refractivity contribution >= 4 is 5.91 Å². The molecule has 2 unspecified atom stereocenters. The third-order valence-corrected chi connectivity index (χ3v) is 4.13. The zero-order valence-electron chi connectivity index (χ0n) is 14.0. The van der Waals surface area contributed by atoms with Crippen LogP contribution >= 0.6 is 0 Å². The van der Waals surface area contributed by atoms with E-state index in [2.05, 4.69) is 32.2 Å². The fraction of sp³-hybridized carbons (Fsp3) is 0.611. The molecule has 0 aromatic heterocycles. The molecular formula is C18H27NO3. The fourth-order valence-corrected chi connectivity index (χ4v) is 2.86. The van der Waals surface area contributed by atoms with Gasteiger partial charge in [-0.05, 0) is 43.2 Å². The topological polar surface area (TPSA) is 58.6 Å². The molecule has 122 valence electrons. The van der Waals surface area contributed by atoms with E-state index in [-0.39, 0.29) is 24.0 Å². The lowest BCUT2D eigenvalue weighted by Crippen LogP contribution is -2.42. The van der Waals surface area contributed by atoms with Gasteiger partial charge in [0.25, 0.3) is 5.91 Å². The Morgan fingerprint density at radius 3 is 2.68 bits per heavy atom. The van der Waals surface area contributed by atoms with Gasteiger partial charge in [0.1, 0.15) is 5.75 Å². The quantitative estimate of drug-likeness (QED) is 0.899. The molecule has 1 aromatic carbocycles. The maximum absolute atomic E-state index is 12.0. The normalized spacial score (nSPS) is 21.7. The highest BCUT2D eigenvalue weighted by molar-refractivity contribution is 5.78. The number of hydrogen-bond donors (Lipinski definition) is 2. The second kappa shape index (κ2) is 6.69. The SMILES string of the molecule is Cc1ccc(OCC(=O)NC2CCCC2O)c(C(C)(C)C)c1. The Morgan fingerprint density at radius 1 is 1.36 bits per heavy atom. The van der Waals surface area contributed by atoms with Gasteiger partial charge in [0.15, 0.2) is 6.61 Å². The number of benzene rings is 1. The first-order chi connectivity index (χ1) is 10.3. The van der Waals surface area contributed by atoms with Gasteiger partial charge in [0, 0.05) is 0 Å². The third-order valence-electron chi connectivity index (χ3n) is 4.13. The second-order valence-corrected chi connectivity index (χ2v) is 7.21. The number of aryl methyl sites for hydroxylation is 1. The standard InChI is InChI=1S/C18H27NO3/c1-12-8-9-16(13(10-12)18(2,3)4)22-11-17(21)19-14-6-5-7-15(14)20/h8-10,14-15,20H,5-7,11H2,1-4H3,(H,19,21). The van der Waals surface area contributed by atoms with Crippen LogP contribution < -0.4 is 10.1 Å². The molecule has 0 radical (unpaired) electrons. The first-order valence-electron chi connectivity index (χ1n) is 7.99. The minimum absolute atomic E-state index is 0.0185. The molecule has 4 heteroatoms. The highest BCUT2D eigenvalue weighted by Gasteiger charge is 2.27. The molecule has 0 saturated heterocycles. The monoisotopic (exact) mass is 305 g/mol. The van der Waals surface area contributed by atoms with Gasteiger partial charge in [-0.2, -0.15) is 0 Å². The number of carbonyl (C=O) groups excluding carboxylic acids is 1. The molecule has 1 saturated carbocycles. The molecule has 1 aromatic rings. The van der Waals surface area contributed by atoms with Crippen LogP contribution in [0.15, 0.2) is 18.2 Å². The molecule has 1 aliphatic rings. The minimum Gasteiger partial charge on any atom is -0.483 e. The number of aliphatic hydroxyl groups excluding tert-OH is 1. The predicted octanol–water partition coefficient (Wildman–Crippen LogP) is 2.70. The van der Waals surface area contributed by atoms with E-state index in [0.29, 0.717) is 0 Å². The van der Waals surface area contributed by atoms with Crippen molar-refractivity contribution in [3.05, 3.63) is 29.3 Å². The Kier molecular flexibility index (Phi) is 5.12. The molecule has 2 atom stereocenters. The molecule has 4 nitrogen and oxygen atoms in total. The number of amides is 1. The molecular weight excluding hydrogens is 278 g/mol. The lowest BCUT2D eigenvalue weighted by molar-refractivity contribution is -0.124. The lowest BCUT2D eigenvalue weighted by Gasteiger charge is -2.23. The van der Waals surface area contributed by atoms with Gasteiger partial charge in [-0.3, -0.25) is 4.79 Å². The van der Waals surface area contributed by atoms with Crippen molar-refractivity contribution < 1.29 is 14.6 Å². The Hall–Kier alpha value is -1.55. The molecule has 1 fully saturated rings. The summed E-state index contributed by atoms with van der Waals surface area (Å²) in [5.41, 5.74) is 2.23. The number of carbonyl (C=O) groups is 1. The van der Waals surface area contributed by atoms with Crippen molar-refractivity contribution in [2.45, 2.75) is 64.5 Å². The summed E-state index contributed by atoms with van der Waals surface area (Å²) in [5.74, 6) is 0.576. The average Bonchev–Trinajstić information content (AvgIpc) is 2.82.